The topological polar surface area (TPSA) is 75.4 Å². The van der Waals surface area contributed by atoms with Gasteiger partial charge in [0.15, 0.2) is 5.76 Å². The molecule has 122 valence electrons. The molecule has 5 nitrogen and oxygen atoms in total. The fourth-order valence-corrected chi connectivity index (χ4v) is 2.31. The molecule has 0 radical (unpaired) electrons. The van der Waals surface area contributed by atoms with Gasteiger partial charge in [0.2, 0.25) is 11.8 Å². The maximum Gasteiger partial charge on any atom is 0.224 e. The summed E-state index contributed by atoms with van der Waals surface area (Å²) < 4.78 is 5.66. The first-order valence-electron chi connectivity index (χ1n) is 7.67. The van der Waals surface area contributed by atoms with Crippen molar-refractivity contribution in [3.8, 4) is 17.1 Å². The molecule has 3 aromatic rings. The van der Waals surface area contributed by atoms with Gasteiger partial charge in [-0.15, -0.1) is 0 Å². The van der Waals surface area contributed by atoms with Crippen LogP contribution in [0.25, 0.3) is 11.3 Å². The smallest absolute Gasteiger partial charge is 0.224 e. The normalized spacial score (nSPS) is 10.5. The van der Waals surface area contributed by atoms with Crippen LogP contribution in [-0.2, 0) is 17.8 Å². The third-order valence-electron chi connectivity index (χ3n) is 3.67. The minimum Gasteiger partial charge on any atom is -0.508 e. The Kier molecular flexibility index (Phi) is 4.61. The van der Waals surface area contributed by atoms with Crippen LogP contribution in [0.4, 0.5) is 0 Å². The highest BCUT2D eigenvalue weighted by atomic mass is 16.4. The third-order valence-corrected chi connectivity index (χ3v) is 3.67. The van der Waals surface area contributed by atoms with Crippen LogP contribution < -0.4 is 5.32 Å². The lowest BCUT2D eigenvalue weighted by atomic mass is 10.1. The highest BCUT2D eigenvalue weighted by molar-refractivity contribution is 5.79. The lowest BCUT2D eigenvalue weighted by Gasteiger charge is -2.04. The van der Waals surface area contributed by atoms with Crippen molar-refractivity contribution < 1.29 is 14.3 Å². The molecule has 24 heavy (non-hydrogen) atoms. The lowest BCUT2D eigenvalue weighted by Crippen LogP contribution is -2.24. The second kappa shape index (κ2) is 7.00. The number of nitrogens with zero attached hydrogens (tertiary/aromatic N) is 1. The minimum atomic E-state index is -0.202. The van der Waals surface area contributed by atoms with Gasteiger partial charge in [-0.3, -0.25) is 4.79 Å². The van der Waals surface area contributed by atoms with Crippen molar-refractivity contribution in [3.05, 3.63) is 71.7 Å². The van der Waals surface area contributed by atoms with E-state index in [1.807, 2.05) is 31.2 Å². The first kappa shape index (κ1) is 15.8. The predicted molar refractivity (Wildman–Crippen MR) is 90.3 cm³/mol. The molecule has 1 heterocycles. The van der Waals surface area contributed by atoms with Gasteiger partial charge in [0.1, 0.15) is 5.75 Å². The Morgan fingerprint density at radius 3 is 2.67 bits per heavy atom. The molecule has 0 spiro atoms. The van der Waals surface area contributed by atoms with Crippen LogP contribution >= 0.6 is 0 Å². The predicted octanol–water partition coefficient (Wildman–Crippen LogP) is 3.21. The summed E-state index contributed by atoms with van der Waals surface area (Å²) in [6, 6.07) is 14.7. The van der Waals surface area contributed by atoms with Crippen molar-refractivity contribution in [1.29, 1.82) is 0 Å². The van der Waals surface area contributed by atoms with E-state index < -0.39 is 0 Å². The van der Waals surface area contributed by atoms with E-state index in [0.717, 1.165) is 5.56 Å². The van der Waals surface area contributed by atoms with Gasteiger partial charge in [-0.05, 0) is 13.0 Å². The number of aromatic hydroxyl groups is 1. The van der Waals surface area contributed by atoms with Crippen molar-refractivity contribution in [2.75, 3.05) is 0 Å². The molecule has 0 fully saturated rings. The first-order chi connectivity index (χ1) is 11.6. The summed E-state index contributed by atoms with van der Waals surface area (Å²) in [5.41, 5.74) is 2.71. The molecule has 0 unspecified atom stereocenters. The Morgan fingerprint density at radius 1 is 1.17 bits per heavy atom. The van der Waals surface area contributed by atoms with E-state index in [0.29, 0.717) is 17.2 Å². The molecule has 0 aliphatic rings. The van der Waals surface area contributed by atoms with E-state index in [2.05, 4.69) is 10.3 Å². The van der Waals surface area contributed by atoms with E-state index in [1.165, 1.54) is 5.56 Å². The van der Waals surface area contributed by atoms with Crippen LogP contribution in [0.15, 0.2) is 59.1 Å². The number of carbonyl (C=O) groups excluding carboxylic acids is 1. The summed E-state index contributed by atoms with van der Waals surface area (Å²) in [4.78, 5) is 16.1. The number of hydrogen-bond donors (Lipinski definition) is 2. The van der Waals surface area contributed by atoms with Crippen LogP contribution in [0.2, 0.25) is 0 Å². The van der Waals surface area contributed by atoms with Gasteiger partial charge in [-0.25, -0.2) is 4.98 Å². The van der Waals surface area contributed by atoms with Crippen LogP contribution in [-0.4, -0.2) is 16.0 Å². The molecule has 2 N–H and O–H groups in total. The van der Waals surface area contributed by atoms with Gasteiger partial charge in [0.05, 0.1) is 19.2 Å². The molecule has 2 aromatic carbocycles. The first-order valence-corrected chi connectivity index (χ1v) is 7.67. The number of benzene rings is 2. The molecule has 0 saturated heterocycles. The number of para-hydroxylation sites is 1. The van der Waals surface area contributed by atoms with Crippen LogP contribution in [0.1, 0.15) is 17.0 Å². The van der Waals surface area contributed by atoms with E-state index in [-0.39, 0.29) is 24.6 Å². The number of rotatable bonds is 5. The third kappa shape index (κ3) is 3.81. The molecule has 0 saturated carbocycles. The molecule has 0 atom stereocenters. The second-order valence-corrected chi connectivity index (χ2v) is 5.57. The maximum absolute atomic E-state index is 12.0. The average molecular weight is 322 g/mol. The number of phenolic OH excluding ortho intramolecular Hbond substituents is 1. The Morgan fingerprint density at radius 2 is 1.92 bits per heavy atom. The monoisotopic (exact) mass is 322 g/mol. The van der Waals surface area contributed by atoms with Gasteiger partial charge in [-0.2, -0.15) is 0 Å². The molecule has 0 aliphatic heterocycles. The SMILES string of the molecule is Cc1ccc(-c2cnc(CNC(=O)Cc3ccccc3O)o2)cc1. The zero-order valence-electron chi connectivity index (χ0n) is 13.3. The molecule has 0 bridgehead atoms. The van der Waals surface area contributed by atoms with Crippen molar-refractivity contribution in [3.63, 3.8) is 0 Å². The Labute approximate surface area is 140 Å². The highest BCUT2D eigenvalue weighted by Crippen LogP contribution is 2.21. The quantitative estimate of drug-likeness (QED) is 0.756. The van der Waals surface area contributed by atoms with Crippen LogP contribution in [0.3, 0.4) is 0 Å². The van der Waals surface area contributed by atoms with E-state index in [4.69, 9.17) is 4.42 Å². The number of hydrogen-bond acceptors (Lipinski definition) is 4. The molecule has 1 amide bonds. The Hall–Kier alpha value is -3.08. The second-order valence-electron chi connectivity index (χ2n) is 5.57. The van der Waals surface area contributed by atoms with Crippen LogP contribution in [0.5, 0.6) is 5.75 Å². The fraction of sp³-hybridized carbons (Fsp3) is 0.158. The average Bonchev–Trinajstić information content (AvgIpc) is 3.05. The zero-order chi connectivity index (χ0) is 16.9. The van der Waals surface area contributed by atoms with Crippen molar-refractivity contribution in [2.45, 2.75) is 19.9 Å². The summed E-state index contributed by atoms with van der Waals surface area (Å²) in [7, 11) is 0. The van der Waals surface area contributed by atoms with Crippen molar-refractivity contribution in [1.82, 2.24) is 10.3 Å². The van der Waals surface area contributed by atoms with Gasteiger partial charge in [0, 0.05) is 11.1 Å². The van der Waals surface area contributed by atoms with E-state index >= 15 is 0 Å². The largest absolute Gasteiger partial charge is 0.508 e. The minimum absolute atomic E-state index is 0.109. The number of phenols is 1. The summed E-state index contributed by atoms with van der Waals surface area (Å²) in [5.74, 6) is 1.02. The zero-order valence-corrected chi connectivity index (χ0v) is 13.3. The summed E-state index contributed by atoms with van der Waals surface area (Å²) in [6.07, 6.45) is 1.76. The molecule has 3 rings (SSSR count). The van der Waals surface area contributed by atoms with Gasteiger partial charge in [-0.1, -0.05) is 48.0 Å². The van der Waals surface area contributed by atoms with Gasteiger partial charge < -0.3 is 14.8 Å². The molecule has 1 aromatic heterocycles. The Balaban J connectivity index is 1.58. The van der Waals surface area contributed by atoms with E-state index in [1.54, 1.807) is 30.5 Å². The highest BCUT2D eigenvalue weighted by Gasteiger charge is 2.10. The molecular formula is C19H18N2O3. The number of carbonyl (C=O) groups is 1. The maximum atomic E-state index is 12.0. The summed E-state index contributed by atoms with van der Waals surface area (Å²) >= 11 is 0. The Bertz CT molecular complexity index is 838. The number of aryl methyl sites for hydroxylation is 1. The number of aromatic nitrogens is 1. The van der Waals surface area contributed by atoms with Gasteiger partial charge in [0.25, 0.3) is 0 Å². The fourth-order valence-electron chi connectivity index (χ4n) is 2.31. The lowest BCUT2D eigenvalue weighted by molar-refractivity contribution is -0.120. The summed E-state index contributed by atoms with van der Waals surface area (Å²) in [5, 5.41) is 12.4. The van der Waals surface area contributed by atoms with Crippen molar-refractivity contribution in [2.24, 2.45) is 0 Å². The molecular weight excluding hydrogens is 304 g/mol. The molecule has 0 aliphatic carbocycles. The number of nitrogens with one attached hydrogen (secondary N) is 1. The summed E-state index contributed by atoms with van der Waals surface area (Å²) in [6.45, 7) is 2.23. The molecule has 5 heteroatoms. The number of oxazole rings is 1. The van der Waals surface area contributed by atoms with Gasteiger partial charge >= 0.3 is 0 Å². The standard InChI is InChI=1S/C19H18N2O3/c1-13-6-8-14(9-7-13)17-11-21-19(24-17)12-20-18(23)10-15-4-2-3-5-16(15)22/h2-9,11,22H,10,12H2,1H3,(H,20,23). The van der Waals surface area contributed by atoms with Crippen molar-refractivity contribution >= 4 is 5.91 Å². The van der Waals surface area contributed by atoms with E-state index in [9.17, 15) is 9.90 Å². The van der Waals surface area contributed by atoms with Crippen LogP contribution in [0, 0.1) is 6.92 Å². The number of amides is 1.